The molecule has 1 saturated heterocycles. The maximum absolute atomic E-state index is 4.68. The fourth-order valence-corrected chi connectivity index (χ4v) is 3.61. The average molecular weight is 281 g/mol. The number of aromatic nitrogens is 1. The summed E-state index contributed by atoms with van der Waals surface area (Å²) >= 11 is 1.86. The van der Waals surface area contributed by atoms with Crippen LogP contribution in [0.1, 0.15) is 42.3 Å². The number of hydrogen-bond acceptors (Lipinski definition) is 4. The molecule has 0 radical (unpaired) electrons. The second kappa shape index (κ2) is 6.82. The Hall–Kier alpha value is -0.450. The van der Waals surface area contributed by atoms with Crippen LogP contribution in [-0.2, 0) is 6.54 Å². The van der Waals surface area contributed by atoms with Crippen molar-refractivity contribution in [3.8, 4) is 0 Å². The molecule has 1 N–H and O–H groups in total. The fraction of sp³-hybridized carbons (Fsp3) is 0.800. The van der Waals surface area contributed by atoms with E-state index in [0.29, 0.717) is 6.04 Å². The molecule has 2 heterocycles. The van der Waals surface area contributed by atoms with Gasteiger partial charge in [-0.1, -0.05) is 20.3 Å². The van der Waals surface area contributed by atoms with Gasteiger partial charge in [-0.15, -0.1) is 11.3 Å². The standard InChI is InChI=1S/C15H27N3S/c1-5-11(2)14-9-18(8-6-7-16-14)10-15-17-12(3)13(4)19-15/h11,14,16H,5-10H2,1-4H3. The summed E-state index contributed by atoms with van der Waals surface area (Å²) in [6, 6.07) is 0.634. The zero-order chi connectivity index (χ0) is 13.8. The monoisotopic (exact) mass is 281 g/mol. The molecule has 19 heavy (non-hydrogen) atoms. The summed E-state index contributed by atoms with van der Waals surface area (Å²) in [7, 11) is 0. The van der Waals surface area contributed by atoms with Gasteiger partial charge in [0, 0.05) is 17.5 Å². The molecular weight excluding hydrogens is 254 g/mol. The highest BCUT2D eigenvalue weighted by Gasteiger charge is 2.22. The average Bonchev–Trinajstić information content (AvgIpc) is 2.59. The highest BCUT2D eigenvalue weighted by molar-refractivity contribution is 7.11. The van der Waals surface area contributed by atoms with Crippen molar-refractivity contribution < 1.29 is 0 Å². The third-order valence-electron chi connectivity index (χ3n) is 4.28. The first-order chi connectivity index (χ1) is 9.10. The topological polar surface area (TPSA) is 28.2 Å². The van der Waals surface area contributed by atoms with Gasteiger partial charge in [-0.3, -0.25) is 4.90 Å². The highest BCUT2D eigenvalue weighted by Crippen LogP contribution is 2.20. The summed E-state index contributed by atoms with van der Waals surface area (Å²) in [5, 5.41) is 4.98. The Bertz CT molecular complexity index is 383. The normalized spacial score (nSPS) is 23.3. The largest absolute Gasteiger partial charge is 0.312 e. The predicted molar refractivity (Wildman–Crippen MR) is 82.7 cm³/mol. The van der Waals surface area contributed by atoms with Gasteiger partial charge < -0.3 is 5.32 Å². The molecule has 2 rings (SSSR count). The maximum Gasteiger partial charge on any atom is 0.107 e. The van der Waals surface area contributed by atoms with E-state index in [1.54, 1.807) is 0 Å². The molecule has 0 spiro atoms. The zero-order valence-electron chi connectivity index (χ0n) is 12.7. The summed E-state index contributed by atoms with van der Waals surface area (Å²) < 4.78 is 0. The zero-order valence-corrected chi connectivity index (χ0v) is 13.5. The van der Waals surface area contributed by atoms with Crippen LogP contribution in [0.25, 0.3) is 0 Å². The lowest BCUT2D eigenvalue weighted by molar-refractivity contribution is 0.231. The van der Waals surface area contributed by atoms with Gasteiger partial charge in [0.15, 0.2) is 0 Å². The molecule has 1 fully saturated rings. The van der Waals surface area contributed by atoms with Crippen molar-refractivity contribution in [1.29, 1.82) is 0 Å². The van der Waals surface area contributed by atoms with E-state index in [1.165, 1.54) is 35.0 Å². The first-order valence-electron chi connectivity index (χ1n) is 7.48. The summed E-state index contributed by atoms with van der Waals surface area (Å²) in [6.07, 6.45) is 2.50. The van der Waals surface area contributed by atoms with Crippen molar-refractivity contribution in [1.82, 2.24) is 15.2 Å². The number of nitrogens with one attached hydrogen (secondary N) is 1. The predicted octanol–water partition coefficient (Wildman–Crippen LogP) is 2.97. The molecule has 1 aliphatic heterocycles. The summed E-state index contributed by atoms with van der Waals surface area (Å²) in [6.45, 7) is 13.5. The van der Waals surface area contributed by atoms with Crippen molar-refractivity contribution in [3.63, 3.8) is 0 Å². The molecule has 2 unspecified atom stereocenters. The van der Waals surface area contributed by atoms with Crippen LogP contribution in [0.2, 0.25) is 0 Å². The van der Waals surface area contributed by atoms with E-state index in [4.69, 9.17) is 0 Å². The molecule has 0 aliphatic carbocycles. The third-order valence-corrected chi connectivity index (χ3v) is 5.33. The van der Waals surface area contributed by atoms with Crippen LogP contribution in [0.15, 0.2) is 0 Å². The van der Waals surface area contributed by atoms with Crippen LogP contribution >= 0.6 is 11.3 Å². The van der Waals surface area contributed by atoms with Crippen LogP contribution in [0.5, 0.6) is 0 Å². The molecular formula is C15H27N3S. The molecule has 2 atom stereocenters. The van der Waals surface area contributed by atoms with E-state index >= 15 is 0 Å². The van der Waals surface area contributed by atoms with Crippen molar-refractivity contribution in [3.05, 3.63) is 15.6 Å². The Labute approximate surface area is 121 Å². The Balaban J connectivity index is 1.98. The Morgan fingerprint density at radius 3 is 2.89 bits per heavy atom. The highest BCUT2D eigenvalue weighted by atomic mass is 32.1. The lowest BCUT2D eigenvalue weighted by Gasteiger charge is -2.27. The number of thiazole rings is 1. The van der Waals surface area contributed by atoms with Gasteiger partial charge in [0.2, 0.25) is 0 Å². The summed E-state index contributed by atoms with van der Waals surface area (Å²) in [5.41, 5.74) is 1.20. The number of nitrogens with zero attached hydrogens (tertiary/aromatic N) is 2. The van der Waals surface area contributed by atoms with E-state index in [-0.39, 0.29) is 0 Å². The quantitative estimate of drug-likeness (QED) is 0.919. The second-order valence-electron chi connectivity index (χ2n) is 5.78. The number of rotatable bonds is 4. The Kier molecular flexibility index (Phi) is 5.37. The summed E-state index contributed by atoms with van der Waals surface area (Å²) in [4.78, 5) is 8.62. The SMILES string of the molecule is CCC(C)C1CN(Cc2nc(C)c(C)s2)CCCN1. The van der Waals surface area contributed by atoms with Crippen molar-refractivity contribution in [2.75, 3.05) is 19.6 Å². The van der Waals surface area contributed by atoms with E-state index in [0.717, 1.165) is 25.6 Å². The van der Waals surface area contributed by atoms with Gasteiger partial charge in [-0.05, 0) is 39.3 Å². The molecule has 0 aromatic carbocycles. The minimum Gasteiger partial charge on any atom is -0.312 e. The lowest BCUT2D eigenvalue weighted by Crippen LogP contribution is -2.41. The first-order valence-corrected chi connectivity index (χ1v) is 8.30. The maximum atomic E-state index is 4.68. The van der Waals surface area contributed by atoms with Crippen LogP contribution in [0.4, 0.5) is 0 Å². The number of aryl methyl sites for hydroxylation is 2. The van der Waals surface area contributed by atoms with Crippen molar-refractivity contribution in [2.45, 2.75) is 53.1 Å². The molecule has 0 amide bonds. The van der Waals surface area contributed by atoms with Crippen LogP contribution in [0.3, 0.4) is 0 Å². The molecule has 3 nitrogen and oxygen atoms in total. The molecule has 1 aromatic rings. The fourth-order valence-electron chi connectivity index (χ4n) is 2.63. The van der Waals surface area contributed by atoms with Gasteiger partial charge in [0.1, 0.15) is 5.01 Å². The van der Waals surface area contributed by atoms with Crippen LogP contribution in [0, 0.1) is 19.8 Å². The number of hydrogen-bond donors (Lipinski definition) is 1. The van der Waals surface area contributed by atoms with E-state index < -0.39 is 0 Å². The molecule has 0 saturated carbocycles. The third kappa shape index (κ3) is 4.01. The molecule has 108 valence electrons. The molecule has 1 aliphatic rings. The van der Waals surface area contributed by atoms with Gasteiger partial charge in [0.25, 0.3) is 0 Å². The second-order valence-corrected chi connectivity index (χ2v) is 7.07. The van der Waals surface area contributed by atoms with Gasteiger partial charge in [-0.25, -0.2) is 4.98 Å². The Morgan fingerprint density at radius 1 is 1.47 bits per heavy atom. The van der Waals surface area contributed by atoms with Crippen LogP contribution in [-0.4, -0.2) is 35.6 Å². The smallest absolute Gasteiger partial charge is 0.107 e. The van der Waals surface area contributed by atoms with E-state index in [2.05, 4.69) is 42.9 Å². The molecule has 4 heteroatoms. The van der Waals surface area contributed by atoms with Crippen molar-refractivity contribution >= 4 is 11.3 Å². The van der Waals surface area contributed by atoms with E-state index in [9.17, 15) is 0 Å². The first kappa shape index (κ1) is 14.9. The van der Waals surface area contributed by atoms with E-state index in [1.807, 2.05) is 11.3 Å². The van der Waals surface area contributed by atoms with Gasteiger partial charge >= 0.3 is 0 Å². The molecule has 0 bridgehead atoms. The Morgan fingerprint density at radius 2 is 2.26 bits per heavy atom. The lowest BCUT2D eigenvalue weighted by atomic mass is 9.99. The van der Waals surface area contributed by atoms with Gasteiger partial charge in [-0.2, -0.15) is 0 Å². The minimum absolute atomic E-state index is 0.634. The summed E-state index contributed by atoms with van der Waals surface area (Å²) in [5.74, 6) is 0.750. The van der Waals surface area contributed by atoms with Gasteiger partial charge in [0.05, 0.1) is 12.2 Å². The molecule has 1 aromatic heterocycles. The minimum atomic E-state index is 0.634. The van der Waals surface area contributed by atoms with Crippen LogP contribution < -0.4 is 5.32 Å². The van der Waals surface area contributed by atoms with Crippen molar-refractivity contribution in [2.24, 2.45) is 5.92 Å².